The second kappa shape index (κ2) is 13.1. The number of hydrogen-bond donors (Lipinski definition) is 3. The van der Waals surface area contributed by atoms with E-state index in [0.29, 0.717) is 30.6 Å². The molecule has 0 spiro atoms. The molecule has 3 atom stereocenters. The second-order valence-corrected chi connectivity index (χ2v) is 10.4. The summed E-state index contributed by atoms with van der Waals surface area (Å²) in [5.74, 6) is -0.665. The van der Waals surface area contributed by atoms with Crippen LogP contribution in [0.4, 0.5) is 14.6 Å². The number of nitrogens with one attached hydrogen (secondary N) is 3. The Morgan fingerprint density at radius 1 is 1.21 bits per heavy atom. The lowest BCUT2D eigenvalue weighted by Gasteiger charge is -2.29. The summed E-state index contributed by atoms with van der Waals surface area (Å²) in [7, 11) is 0. The number of carbonyl (C=O) groups excluding carboxylic acids is 1. The van der Waals surface area contributed by atoms with Crippen molar-refractivity contribution in [2.24, 2.45) is 0 Å². The van der Waals surface area contributed by atoms with E-state index in [1.54, 1.807) is 6.33 Å². The van der Waals surface area contributed by atoms with Gasteiger partial charge in [-0.05, 0) is 75.3 Å². The van der Waals surface area contributed by atoms with Gasteiger partial charge in [-0.3, -0.25) is 4.79 Å². The fourth-order valence-corrected chi connectivity index (χ4v) is 5.11. The number of benzene rings is 2. The summed E-state index contributed by atoms with van der Waals surface area (Å²) in [6.07, 6.45) is 7.78. The third kappa shape index (κ3) is 7.48. The highest BCUT2D eigenvalue weighted by molar-refractivity contribution is 5.94. The Hall–Kier alpha value is -3.10. The third-order valence-electron chi connectivity index (χ3n) is 7.30. The summed E-state index contributed by atoms with van der Waals surface area (Å²) in [6.45, 7) is 7.95. The van der Waals surface area contributed by atoms with Gasteiger partial charge in [0.2, 0.25) is 5.91 Å². The standard InChI is InChI=1S/C30H39F2N5O/c1-4-6-28(35-25-12-11-23-15-24(31)16-27(32)26(23)17-25)30(38)36-29-18-37(19-34-29)14-5-13-33-21(3)22-9-7-20(2)8-10-22/h7-10,15-16,18-19,21,25,28,33,35H,4-6,11-14,17H2,1-3H3,(H,36,38)/t21-,25?,28-/m0/s1. The van der Waals surface area contributed by atoms with Crippen LogP contribution in [0.15, 0.2) is 48.9 Å². The molecule has 1 aliphatic rings. The predicted molar refractivity (Wildman–Crippen MR) is 147 cm³/mol. The fourth-order valence-electron chi connectivity index (χ4n) is 5.11. The van der Waals surface area contributed by atoms with Crippen molar-refractivity contribution in [3.05, 3.63) is 82.8 Å². The Balaban J connectivity index is 1.24. The van der Waals surface area contributed by atoms with Gasteiger partial charge < -0.3 is 20.5 Å². The molecular formula is C30H39F2N5O. The van der Waals surface area contributed by atoms with Crippen molar-refractivity contribution < 1.29 is 13.6 Å². The highest BCUT2D eigenvalue weighted by Crippen LogP contribution is 2.26. The molecule has 0 bridgehead atoms. The van der Waals surface area contributed by atoms with Crippen LogP contribution in [0, 0.1) is 18.6 Å². The Morgan fingerprint density at radius 3 is 2.76 bits per heavy atom. The molecule has 6 nitrogen and oxygen atoms in total. The Kier molecular flexibility index (Phi) is 9.63. The average molecular weight is 524 g/mol. The molecule has 2 aromatic carbocycles. The summed E-state index contributed by atoms with van der Waals surface area (Å²) in [5.41, 5.74) is 3.80. The predicted octanol–water partition coefficient (Wildman–Crippen LogP) is 5.46. The minimum atomic E-state index is -0.539. The summed E-state index contributed by atoms with van der Waals surface area (Å²) >= 11 is 0. The van der Waals surface area contributed by atoms with E-state index in [1.165, 1.54) is 17.2 Å². The Labute approximate surface area is 224 Å². The van der Waals surface area contributed by atoms with Crippen LogP contribution in [-0.2, 0) is 24.2 Å². The maximum atomic E-state index is 14.3. The van der Waals surface area contributed by atoms with Crippen molar-refractivity contribution in [3.63, 3.8) is 0 Å². The van der Waals surface area contributed by atoms with Gasteiger partial charge in [0, 0.05) is 30.9 Å². The van der Waals surface area contributed by atoms with Crippen molar-refractivity contribution in [1.29, 1.82) is 0 Å². The molecular weight excluding hydrogens is 484 g/mol. The molecule has 8 heteroatoms. The van der Waals surface area contributed by atoms with Crippen LogP contribution in [0.3, 0.4) is 0 Å². The number of rotatable bonds is 12. The highest BCUT2D eigenvalue weighted by Gasteiger charge is 2.27. The molecule has 1 amide bonds. The van der Waals surface area contributed by atoms with Crippen molar-refractivity contribution >= 4 is 11.7 Å². The van der Waals surface area contributed by atoms with Crippen molar-refractivity contribution in [2.45, 2.75) is 84.0 Å². The molecule has 0 fully saturated rings. The van der Waals surface area contributed by atoms with Gasteiger partial charge in [0.15, 0.2) is 5.82 Å². The molecule has 3 aromatic rings. The Morgan fingerprint density at radius 2 is 2.00 bits per heavy atom. The molecule has 4 rings (SSSR count). The topological polar surface area (TPSA) is 71.0 Å². The number of imidazole rings is 1. The van der Waals surface area contributed by atoms with Crippen LogP contribution in [0.2, 0.25) is 0 Å². The van der Waals surface area contributed by atoms with Crippen molar-refractivity contribution in [3.8, 4) is 0 Å². The van der Waals surface area contributed by atoms with Gasteiger partial charge in [0.1, 0.15) is 11.6 Å². The highest BCUT2D eigenvalue weighted by atomic mass is 19.1. The van der Waals surface area contributed by atoms with E-state index in [4.69, 9.17) is 0 Å². The second-order valence-electron chi connectivity index (χ2n) is 10.4. The third-order valence-corrected chi connectivity index (χ3v) is 7.30. The van der Waals surface area contributed by atoms with Gasteiger partial charge in [0.25, 0.3) is 0 Å². The van der Waals surface area contributed by atoms with Crippen LogP contribution in [-0.4, -0.2) is 34.1 Å². The molecule has 3 N–H and O–H groups in total. The van der Waals surface area contributed by atoms with Gasteiger partial charge in [-0.1, -0.05) is 43.2 Å². The Bertz CT molecular complexity index is 1210. The molecule has 1 aromatic heterocycles. The molecule has 38 heavy (non-hydrogen) atoms. The molecule has 0 radical (unpaired) electrons. The zero-order valence-electron chi connectivity index (χ0n) is 22.6. The number of fused-ring (bicyclic) bond motifs is 1. The summed E-state index contributed by atoms with van der Waals surface area (Å²) in [4.78, 5) is 17.4. The average Bonchev–Trinajstić information content (AvgIpc) is 3.34. The van der Waals surface area contributed by atoms with E-state index in [0.717, 1.165) is 44.0 Å². The van der Waals surface area contributed by atoms with Crippen LogP contribution < -0.4 is 16.0 Å². The SMILES string of the molecule is CCC[C@H](NC1CCc2cc(F)cc(F)c2C1)C(=O)Nc1cn(CCCN[C@@H](C)c2ccc(C)cc2)cn1. The first-order chi connectivity index (χ1) is 18.3. The summed E-state index contributed by atoms with van der Waals surface area (Å²) in [5, 5.41) is 9.91. The lowest BCUT2D eigenvalue weighted by atomic mass is 9.87. The first kappa shape index (κ1) is 27.9. The zero-order chi connectivity index (χ0) is 27.1. The number of hydrogen-bond acceptors (Lipinski definition) is 4. The van der Waals surface area contributed by atoms with E-state index in [2.05, 4.69) is 59.0 Å². The zero-order valence-corrected chi connectivity index (χ0v) is 22.6. The van der Waals surface area contributed by atoms with Crippen LogP contribution >= 0.6 is 0 Å². The van der Waals surface area contributed by atoms with Gasteiger partial charge in [-0.2, -0.15) is 0 Å². The first-order valence-corrected chi connectivity index (χ1v) is 13.7. The maximum absolute atomic E-state index is 14.3. The fraction of sp³-hybridized carbons (Fsp3) is 0.467. The largest absolute Gasteiger partial charge is 0.335 e. The number of aryl methyl sites for hydroxylation is 3. The summed E-state index contributed by atoms with van der Waals surface area (Å²) < 4.78 is 29.9. The van der Waals surface area contributed by atoms with Crippen molar-refractivity contribution in [1.82, 2.24) is 20.2 Å². The molecule has 0 saturated carbocycles. The lowest BCUT2D eigenvalue weighted by Crippen LogP contribution is -2.48. The minimum absolute atomic E-state index is 0.0443. The maximum Gasteiger partial charge on any atom is 0.242 e. The van der Waals surface area contributed by atoms with Gasteiger partial charge in [-0.25, -0.2) is 13.8 Å². The number of halogens is 2. The molecule has 1 heterocycles. The number of aromatic nitrogens is 2. The van der Waals surface area contributed by atoms with Crippen LogP contribution in [0.25, 0.3) is 0 Å². The van der Waals surface area contributed by atoms with Crippen LogP contribution in [0.5, 0.6) is 0 Å². The van der Waals surface area contributed by atoms with Crippen LogP contribution in [0.1, 0.15) is 67.8 Å². The number of amides is 1. The number of nitrogens with zero attached hydrogens (tertiary/aromatic N) is 2. The molecule has 1 aliphatic carbocycles. The van der Waals surface area contributed by atoms with E-state index in [1.807, 2.05) is 17.7 Å². The molecule has 1 unspecified atom stereocenters. The number of anilines is 1. The summed E-state index contributed by atoms with van der Waals surface area (Å²) in [6, 6.07) is 10.8. The number of carbonyl (C=O) groups is 1. The first-order valence-electron chi connectivity index (χ1n) is 13.7. The monoisotopic (exact) mass is 523 g/mol. The lowest BCUT2D eigenvalue weighted by molar-refractivity contribution is -0.118. The molecule has 204 valence electrons. The van der Waals surface area contributed by atoms with E-state index >= 15 is 0 Å². The quantitative estimate of drug-likeness (QED) is 0.276. The van der Waals surface area contributed by atoms with Crippen molar-refractivity contribution in [2.75, 3.05) is 11.9 Å². The molecule has 0 saturated heterocycles. The van der Waals surface area contributed by atoms with E-state index in [-0.39, 0.29) is 18.0 Å². The molecule has 0 aliphatic heterocycles. The van der Waals surface area contributed by atoms with Gasteiger partial charge >= 0.3 is 0 Å². The van der Waals surface area contributed by atoms with E-state index < -0.39 is 17.7 Å². The van der Waals surface area contributed by atoms with E-state index in [9.17, 15) is 13.6 Å². The van der Waals surface area contributed by atoms with Gasteiger partial charge in [-0.15, -0.1) is 0 Å². The minimum Gasteiger partial charge on any atom is -0.335 e. The smallest absolute Gasteiger partial charge is 0.242 e. The van der Waals surface area contributed by atoms with Gasteiger partial charge in [0.05, 0.1) is 12.4 Å². The normalized spacial score (nSPS) is 16.6.